The fraction of sp³-hybridized carbons (Fsp3) is 0.462. The van der Waals surface area contributed by atoms with Crippen molar-refractivity contribution in [2.24, 2.45) is 7.05 Å². The maximum Gasteiger partial charge on any atom is 0.267 e. The van der Waals surface area contributed by atoms with Gasteiger partial charge in [-0.15, -0.1) is 22.0 Å². The van der Waals surface area contributed by atoms with E-state index < -0.39 is 0 Å². The van der Waals surface area contributed by atoms with E-state index in [1.165, 1.54) is 27.7 Å². The first kappa shape index (κ1) is 17.8. The molecule has 1 amide bonds. The molecule has 0 aliphatic carbocycles. The third-order valence-corrected chi connectivity index (χ3v) is 7.11. The number of carbonyl (C=O) groups excluding carboxylic acids is 1. The zero-order valence-corrected chi connectivity index (χ0v) is 16.3. The van der Waals surface area contributed by atoms with Crippen molar-refractivity contribution in [2.45, 2.75) is 27.7 Å². The average Bonchev–Trinajstić information content (AvgIpc) is 3.19. The molecule has 3 rings (SSSR count). The lowest BCUT2D eigenvalue weighted by Crippen LogP contribution is -2.23. The second kappa shape index (κ2) is 7.89. The Labute approximate surface area is 155 Å². The summed E-state index contributed by atoms with van der Waals surface area (Å²) in [6, 6.07) is 0. The highest BCUT2D eigenvalue weighted by molar-refractivity contribution is 8.01. The monoisotopic (exact) mass is 401 g/mol. The van der Waals surface area contributed by atoms with E-state index in [4.69, 9.17) is 0 Å². The van der Waals surface area contributed by atoms with E-state index in [0.717, 1.165) is 32.9 Å². The van der Waals surface area contributed by atoms with E-state index in [-0.39, 0.29) is 17.2 Å². The van der Waals surface area contributed by atoms with Gasteiger partial charge in [0.15, 0.2) is 9.50 Å². The normalized spacial score (nSPS) is 13.1. The van der Waals surface area contributed by atoms with Crippen molar-refractivity contribution >= 4 is 57.7 Å². The topological polar surface area (TPSA) is 89.8 Å². The molecule has 128 valence electrons. The molecule has 24 heavy (non-hydrogen) atoms. The van der Waals surface area contributed by atoms with Crippen molar-refractivity contribution in [3.8, 4) is 0 Å². The largest absolute Gasteiger partial charge is 0.300 e. The molecule has 2 aromatic rings. The van der Waals surface area contributed by atoms with Gasteiger partial charge in [-0.25, -0.2) is 4.98 Å². The average molecular weight is 402 g/mol. The minimum Gasteiger partial charge on any atom is -0.300 e. The molecule has 1 aliphatic heterocycles. The first-order chi connectivity index (χ1) is 11.6. The Bertz CT molecular complexity index is 819. The number of nitrogens with zero attached hydrogens (tertiary/aromatic N) is 4. The van der Waals surface area contributed by atoms with Gasteiger partial charge in [-0.2, -0.15) is 0 Å². The van der Waals surface area contributed by atoms with Crippen LogP contribution in [0.15, 0.2) is 19.2 Å². The summed E-state index contributed by atoms with van der Waals surface area (Å²) in [5.74, 6) is 1.78. The molecule has 2 aromatic heterocycles. The molecule has 0 aromatic carbocycles. The van der Waals surface area contributed by atoms with Gasteiger partial charge in [-0.1, -0.05) is 41.8 Å². The lowest BCUT2D eigenvalue weighted by atomic mass is 10.3. The van der Waals surface area contributed by atoms with Crippen molar-refractivity contribution in [3.63, 3.8) is 0 Å². The number of hydrogen-bond donors (Lipinski definition) is 1. The van der Waals surface area contributed by atoms with E-state index >= 15 is 0 Å². The first-order valence-corrected chi connectivity index (χ1v) is 11.0. The van der Waals surface area contributed by atoms with Crippen LogP contribution in [0.4, 0.5) is 5.13 Å². The zero-order chi connectivity index (χ0) is 17.1. The van der Waals surface area contributed by atoms with E-state index in [2.05, 4.69) is 20.5 Å². The smallest absolute Gasteiger partial charge is 0.267 e. The number of amides is 1. The lowest BCUT2D eigenvalue weighted by molar-refractivity contribution is -0.113. The fourth-order valence-electron chi connectivity index (χ4n) is 2.02. The molecule has 0 bridgehead atoms. The zero-order valence-electron chi connectivity index (χ0n) is 13.1. The predicted octanol–water partition coefficient (Wildman–Crippen LogP) is 2.12. The number of fused-ring (bicyclic) bond motifs is 1. The van der Waals surface area contributed by atoms with Crippen molar-refractivity contribution in [1.82, 2.24) is 19.7 Å². The number of carbonyl (C=O) groups is 1. The van der Waals surface area contributed by atoms with Crippen LogP contribution in [0.1, 0.15) is 12.6 Å². The van der Waals surface area contributed by atoms with Gasteiger partial charge >= 0.3 is 0 Å². The summed E-state index contributed by atoms with van der Waals surface area (Å²) in [7, 11) is 1.69. The summed E-state index contributed by atoms with van der Waals surface area (Å²) >= 11 is 5.74. The third-order valence-electron chi connectivity index (χ3n) is 3.12. The van der Waals surface area contributed by atoms with Crippen LogP contribution in [0.3, 0.4) is 0 Å². The highest BCUT2D eigenvalue weighted by Crippen LogP contribution is 2.28. The summed E-state index contributed by atoms with van der Waals surface area (Å²) in [6.07, 6.45) is 0.804. The van der Waals surface area contributed by atoms with Crippen LogP contribution in [-0.2, 0) is 18.3 Å². The summed E-state index contributed by atoms with van der Waals surface area (Å²) in [5, 5.41) is 11.7. The van der Waals surface area contributed by atoms with Crippen molar-refractivity contribution in [1.29, 1.82) is 0 Å². The van der Waals surface area contributed by atoms with Crippen LogP contribution in [0, 0.1) is 0 Å². The molecule has 1 N–H and O–H groups in total. The molecule has 0 atom stereocenters. The van der Waals surface area contributed by atoms with Crippen LogP contribution >= 0.6 is 46.6 Å². The Morgan fingerprint density at radius 3 is 3.00 bits per heavy atom. The molecule has 1 aliphatic rings. The van der Waals surface area contributed by atoms with Crippen LogP contribution in [-0.4, -0.2) is 42.9 Å². The van der Waals surface area contributed by atoms with Crippen molar-refractivity contribution in [3.05, 3.63) is 16.0 Å². The summed E-state index contributed by atoms with van der Waals surface area (Å²) in [5.41, 5.74) is 0.812. The maximum absolute atomic E-state index is 12.3. The molecule has 3 heterocycles. The van der Waals surface area contributed by atoms with Crippen LogP contribution < -0.4 is 10.9 Å². The van der Waals surface area contributed by atoms with E-state index in [1.807, 2.05) is 6.92 Å². The molecule has 0 saturated carbocycles. The quantitative estimate of drug-likeness (QED) is 0.447. The number of aryl methyl sites for hydroxylation is 1. The lowest BCUT2D eigenvalue weighted by Gasteiger charge is -2.08. The molecular formula is C13H15N5O2S4. The van der Waals surface area contributed by atoms with Gasteiger partial charge in [-0.05, 0) is 5.75 Å². The molecule has 7 nitrogen and oxygen atoms in total. The Balaban J connectivity index is 1.62. The van der Waals surface area contributed by atoms with Crippen molar-refractivity contribution < 1.29 is 4.79 Å². The molecular weight excluding hydrogens is 386 g/mol. The number of nitrogens with one attached hydrogen (secondary N) is 1. The van der Waals surface area contributed by atoms with Crippen molar-refractivity contribution in [2.75, 3.05) is 22.6 Å². The SMILES string of the molecule is CCSc1nnc(NC(=O)CSc2nc3c(c(=O)n2C)SCC3)s1. The first-order valence-electron chi connectivity index (χ1n) is 7.20. The highest BCUT2D eigenvalue weighted by atomic mass is 32.2. The molecule has 11 heteroatoms. The van der Waals surface area contributed by atoms with Gasteiger partial charge in [0.25, 0.3) is 5.56 Å². The number of rotatable bonds is 6. The molecule has 0 spiro atoms. The standard InChI is InChI=1S/C13H15N5O2S4/c1-3-21-13-17-16-11(24-13)15-8(19)6-23-12-14-7-4-5-22-9(7)10(20)18(12)2/h3-6H2,1-2H3,(H,15,16,19). The van der Waals surface area contributed by atoms with Gasteiger partial charge in [-0.3, -0.25) is 19.5 Å². The number of aromatic nitrogens is 4. The Morgan fingerprint density at radius 2 is 2.21 bits per heavy atom. The van der Waals surface area contributed by atoms with Crippen LogP contribution in [0.2, 0.25) is 0 Å². The fourth-order valence-corrected chi connectivity index (χ4v) is 5.55. The van der Waals surface area contributed by atoms with E-state index in [9.17, 15) is 9.59 Å². The summed E-state index contributed by atoms with van der Waals surface area (Å²) in [4.78, 5) is 29.6. The number of hydrogen-bond acceptors (Lipinski definition) is 9. The predicted molar refractivity (Wildman–Crippen MR) is 99.6 cm³/mol. The molecule has 0 saturated heterocycles. The Kier molecular flexibility index (Phi) is 5.85. The van der Waals surface area contributed by atoms with E-state index in [1.54, 1.807) is 30.6 Å². The van der Waals surface area contributed by atoms with Crippen LogP contribution in [0.5, 0.6) is 0 Å². The second-order valence-electron chi connectivity index (χ2n) is 4.78. The highest BCUT2D eigenvalue weighted by Gasteiger charge is 2.20. The molecule has 0 radical (unpaired) electrons. The van der Waals surface area contributed by atoms with Gasteiger partial charge in [0.05, 0.1) is 16.3 Å². The minimum absolute atomic E-state index is 0.0317. The van der Waals surface area contributed by atoms with Gasteiger partial charge in [0.2, 0.25) is 11.0 Å². The Hall–Kier alpha value is -1.04. The second-order valence-corrected chi connectivity index (χ2v) is 9.31. The molecule has 0 unspecified atom stereocenters. The summed E-state index contributed by atoms with van der Waals surface area (Å²) in [6.45, 7) is 2.04. The van der Waals surface area contributed by atoms with Gasteiger partial charge < -0.3 is 0 Å². The van der Waals surface area contributed by atoms with E-state index in [0.29, 0.717) is 10.3 Å². The van der Waals surface area contributed by atoms with Gasteiger partial charge in [0.1, 0.15) is 0 Å². The third kappa shape index (κ3) is 3.95. The molecule has 0 fully saturated rings. The van der Waals surface area contributed by atoms with Gasteiger partial charge in [0, 0.05) is 19.2 Å². The number of anilines is 1. The maximum atomic E-state index is 12.3. The number of thioether (sulfide) groups is 3. The van der Waals surface area contributed by atoms with Crippen LogP contribution in [0.25, 0.3) is 0 Å². The Morgan fingerprint density at radius 1 is 1.38 bits per heavy atom. The minimum atomic E-state index is -0.187. The summed E-state index contributed by atoms with van der Waals surface area (Å²) < 4.78 is 2.34.